The molecule has 104 valence electrons. The van der Waals surface area contributed by atoms with Crippen LogP contribution >= 0.6 is 11.3 Å². The average molecular weight is 293 g/mol. The first kappa shape index (κ1) is 15.5. The van der Waals surface area contributed by atoms with Crippen molar-refractivity contribution in [1.29, 1.82) is 11.1 Å². The van der Waals surface area contributed by atoms with Gasteiger partial charge >= 0.3 is 5.97 Å². The van der Waals surface area contributed by atoms with Gasteiger partial charge in [-0.1, -0.05) is 0 Å². The molecule has 2 aromatic rings. The lowest BCUT2D eigenvalue weighted by molar-refractivity contribution is 0.0702. The first-order chi connectivity index (χ1) is 9.54. The van der Waals surface area contributed by atoms with E-state index in [1.165, 1.54) is 0 Å². The number of rotatable bonds is 3. The Morgan fingerprint density at radius 1 is 1.45 bits per heavy atom. The number of benzene rings is 1. The predicted molar refractivity (Wildman–Crippen MR) is 73.4 cm³/mol. The van der Waals surface area contributed by atoms with Crippen molar-refractivity contribution < 1.29 is 14.6 Å². The molecular formula is C12H13N4O3S+. The smallest absolute Gasteiger partial charge is 0.348 e. The average Bonchev–Trinajstić information content (AvgIpc) is 2.88. The van der Waals surface area contributed by atoms with Crippen LogP contribution in [-0.4, -0.2) is 23.2 Å². The quantitative estimate of drug-likeness (QED) is 0.594. The van der Waals surface area contributed by atoms with Crippen LogP contribution in [0.4, 0.5) is 0 Å². The van der Waals surface area contributed by atoms with Gasteiger partial charge in [-0.25, -0.2) is 9.78 Å². The largest absolute Gasteiger partial charge is 0.497 e. The highest BCUT2D eigenvalue weighted by atomic mass is 32.1. The third-order valence-electron chi connectivity index (χ3n) is 2.45. The van der Waals surface area contributed by atoms with E-state index in [1.807, 2.05) is 24.0 Å². The van der Waals surface area contributed by atoms with E-state index in [0.717, 1.165) is 28.2 Å². The summed E-state index contributed by atoms with van der Waals surface area (Å²) in [6, 6.07) is 5.49. The molecule has 0 radical (unpaired) electrons. The normalized spacial score (nSPS) is 9.10. The fourth-order valence-electron chi connectivity index (χ4n) is 1.62. The lowest BCUT2D eigenvalue weighted by atomic mass is 10.0. The summed E-state index contributed by atoms with van der Waals surface area (Å²) in [4.78, 5) is 17.4. The summed E-state index contributed by atoms with van der Waals surface area (Å²) in [5.74, 6) is -0.198. The molecule has 0 saturated carbocycles. The van der Waals surface area contributed by atoms with Crippen molar-refractivity contribution in [3.05, 3.63) is 34.2 Å². The number of carbonyl (C=O) groups is 1. The standard InChI is InChI=1S/C12H11NO3S.H2N3/c1-7-5-8(16-2)3-4-9(7)10-11(12(14)15)17-6-13-10;1-3-2/h3-6H,1-2H3,(H,14,15);1-2H/q;+1. The molecule has 0 aliphatic heterocycles. The molecule has 0 aliphatic rings. The summed E-state index contributed by atoms with van der Waals surface area (Å²) in [5, 5.41) is 9.05. The third kappa shape index (κ3) is 3.47. The Hall–Kier alpha value is -2.57. The molecule has 1 heterocycles. The lowest BCUT2D eigenvalue weighted by Crippen LogP contribution is -1.97. The Morgan fingerprint density at radius 2 is 2.10 bits per heavy atom. The van der Waals surface area contributed by atoms with Gasteiger partial charge in [0.25, 0.3) is 0 Å². The van der Waals surface area contributed by atoms with Gasteiger partial charge in [-0.15, -0.1) is 11.3 Å². The van der Waals surface area contributed by atoms with Crippen LogP contribution < -0.4 is 9.65 Å². The Kier molecular flexibility index (Phi) is 5.52. The van der Waals surface area contributed by atoms with Crippen molar-refractivity contribution in [2.75, 3.05) is 7.11 Å². The highest BCUT2D eigenvalue weighted by molar-refractivity contribution is 7.12. The Labute approximate surface area is 118 Å². The molecule has 0 atom stereocenters. The van der Waals surface area contributed by atoms with Crippen LogP contribution in [0.15, 0.2) is 23.7 Å². The fourth-order valence-corrected chi connectivity index (χ4v) is 2.26. The molecule has 0 bridgehead atoms. The maximum Gasteiger partial charge on any atom is 0.348 e. The number of ether oxygens (including phenoxy) is 1. The Balaban J connectivity index is 0.000000612. The second-order valence-electron chi connectivity index (χ2n) is 3.63. The number of hydrogen-bond acceptors (Lipinski definition) is 6. The lowest BCUT2D eigenvalue weighted by Gasteiger charge is -2.06. The number of aromatic carboxylic acids is 1. The molecule has 8 heteroatoms. The van der Waals surface area contributed by atoms with Crippen molar-refractivity contribution in [2.24, 2.45) is 0 Å². The molecule has 0 unspecified atom stereocenters. The third-order valence-corrected chi connectivity index (χ3v) is 3.26. The molecule has 1 aromatic heterocycles. The van der Waals surface area contributed by atoms with Crippen molar-refractivity contribution in [3.8, 4) is 17.0 Å². The molecule has 1 aromatic carbocycles. The van der Waals surface area contributed by atoms with Gasteiger partial charge in [0.2, 0.25) is 4.91 Å². The van der Waals surface area contributed by atoms with Gasteiger partial charge in [0.05, 0.1) is 18.3 Å². The van der Waals surface area contributed by atoms with E-state index >= 15 is 0 Å². The van der Waals surface area contributed by atoms with Crippen LogP contribution in [0.3, 0.4) is 0 Å². The summed E-state index contributed by atoms with van der Waals surface area (Å²) in [7, 11) is 1.60. The van der Waals surface area contributed by atoms with Crippen molar-refractivity contribution in [2.45, 2.75) is 6.92 Å². The number of thiazole rings is 1. The Morgan fingerprint density at radius 3 is 2.60 bits per heavy atom. The molecule has 20 heavy (non-hydrogen) atoms. The van der Waals surface area contributed by atoms with Crippen molar-refractivity contribution in [3.63, 3.8) is 0 Å². The molecule has 0 saturated heterocycles. The molecule has 0 aliphatic carbocycles. The SMILES string of the molecule is COc1ccc(-c2ncsc2C(=O)O)c(C)c1.N=[N+]=N. The Bertz CT molecular complexity index is 648. The van der Waals surface area contributed by atoms with E-state index in [9.17, 15) is 4.79 Å². The van der Waals surface area contributed by atoms with Crippen molar-refractivity contribution in [1.82, 2.24) is 9.90 Å². The summed E-state index contributed by atoms with van der Waals surface area (Å²) >= 11 is 1.13. The zero-order valence-corrected chi connectivity index (χ0v) is 11.7. The van der Waals surface area contributed by atoms with Crippen LogP contribution in [0.5, 0.6) is 5.75 Å². The van der Waals surface area contributed by atoms with Crippen LogP contribution in [0.1, 0.15) is 15.2 Å². The number of aromatic nitrogens is 1. The van der Waals surface area contributed by atoms with Crippen LogP contribution in [0, 0.1) is 18.0 Å². The molecule has 0 amide bonds. The number of methoxy groups -OCH3 is 1. The number of nitrogens with zero attached hydrogens (tertiary/aromatic N) is 2. The monoisotopic (exact) mass is 293 g/mol. The summed E-state index contributed by atoms with van der Waals surface area (Å²) in [6.07, 6.45) is 0. The van der Waals surface area contributed by atoms with E-state index in [1.54, 1.807) is 18.7 Å². The topological polar surface area (TPSA) is 121 Å². The van der Waals surface area contributed by atoms with Gasteiger partial charge in [0, 0.05) is 5.56 Å². The zero-order chi connectivity index (χ0) is 15.1. The van der Waals surface area contributed by atoms with Crippen LogP contribution in [0.2, 0.25) is 0 Å². The van der Waals surface area contributed by atoms with Gasteiger partial charge in [-0.3, -0.25) is 0 Å². The molecule has 7 nitrogen and oxygen atoms in total. The predicted octanol–water partition coefficient (Wildman–Crippen LogP) is 2.94. The van der Waals surface area contributed by atoms with Gasteiger partial charge in [0.1, 0.15) is 21.7 Å². The van der Waals surface area contributed by atoms with E-state index in [-0.39, 0.29) is 4.88 Å². The van der Waals surface area contributed by atoms with E-state index in [4.69, 9.17) is 20.9 Å². The van der Waals surface area contributed by atoms with Crippen LogP contribution in [-0.2, 0) is 0 Å². The first-order valence-corrected chi connectivity index (χ1v) is 6.28. The van der Waals surface area contributed by atoms with Gasteiger partial charge < -0.3 is 9.84 Å². The second kappa shape index (κ2) is 7.13. The maximum absolute atomic E-state index is 11.0. The van der Waals surface area contributed by atoms with Gasteiger partial charge in [-0.05, 0) is 30.7 Å². The minimum atomic E-state index is -0.947. The van der Waals surface area contributed by atoms with E-state index < -0.39 is 5.97 Å². The molecule has 2 rings (SSSR count). The first-order valence-electron chi connectivity index (χ1n) is 5.40. The number of nitrogens with one attached hydrogen (secondary N) is 2. The second-order valence-corrected chi connectivity index (χ2v) is 4.48. The molecule has 0 fully saturated rings. The van der Waals surface area contributed by atoms with E-state index in [2.05, 4.69) is 4.98 Å². The molecule has 3 N–H and O–H groups in total. The number of aryl methyl sites for hydroxylation is 1. The molecule has 0 spiro atoms. The van der Waals surface area contributed by atoms with Gasteiger partial charge in [-0.2, -0.15) is 0 Å². The van der Waals surface area contributed by atoms with E-state index in [0.29, 0.717) is 5.69 Å². The molecular weight excluding hydrogens is 280 g/mol. The van der Waals surface area contributed by atoms with Crippen molar-refractivity contribution >= 4 is 17.3 Å². The minimum absolute atomic E-state index is 0.262. The highest BCUT2D eigenvalue weighted by Crippen LogP contribution is 2.30. The highest BCUT2D eigenvalue weighted by Gasteiger charge is 2.16. The van der Waals surface area contributed by atoms with Gasteiger partial charge in [0.15, 0.2) is 0 Å². The van der Waals surface area contributed by atoms with Crippen LogP contribution in [0.25, 0.3) is 11.3 Å². The minimum Gasteiger partial charge on any atom is -0.497 e. The summed E-state index contributed by atoms with van der Waals surface area (Å²) in [6.45, 7) is 1.91. The summed E-state index contributed by atoms with van der Waals surface area (Å²) in [5.41, 5.74) is 14.8. The zero-order valence-electron chi connectivity index (χ0n) is 10.9. The summed E-state index contributed by atoms with van der Waals surface area (Å²) < 4.78 is 5.11. The number of carboxylic acid groups (broad SMARTS) is 1. The number of carboxylic acids is 1. The number of hydrogen-bond donors (Lipinski definition) is 3. The maximum atomic E-state index is 11.0. The fraction of sp³-hybridized carbons (Fsp3) is 0.167.